The highest BCUT2D eigenvalue weighted by Crippen LogP contribution is 2.05. The maximum Gasteiger partial charge on any atom is 0.170 e. The summed E-state index contributed by atoms with van der Waals surface area (Å²) in [5.41, 5.74) is 1.61. The molecule has 0 unspecified atom stereocenters. The van der Waals surface area contributed by atoms with Gasteiger partial charge in [-0.05, 0) is 19.4 Å². The number of carbonyl (C=O) groups is 1. The topological polar surface area (TPSA) is 34.9 Å². The predicted molar refractivity (Wildman–Crippen MR) is 56.5 cm³/mol. The van der Waals surface area contributed by atoms with E-state index >= 15 is 0 Å². The van der Waals surface area contributed by atoms with Gasteiger partial charge in [-0.1, -0.05) is 26.2 Å². The highest BCUT2D eigenvalue weighted by atomic mass is 16.1. The number of hydrogen-bond acceptors (Lipinski definition) is 2. The minimum atomic E-state index is 0.540. The fourth-order valence-corrected chi connectivity index (χ4v) is 1.51. The van der Waals surface area contributed by atoms with Crippen LogP contribution in [0.5, 0.6) is 0 Å². The molecular weight excluding hydrogens is 176 g/mol. The van der Waals surface area contributed by atoms with E-state index in [9.17, 15) is 4.79 Å². The molecule has 0 radical (unpaired) electrons. The normalized spacial score (nSPS) is 10.4. The molecule has 0 aliphatic carbocycles. The van der Waals surface area contributed by atoms with Crippen molar-refractivity contribution in [2.24, 2.45) is 0 Å². The molecule has 0 amide bonds. The van der Waals surface area contributed by atoms with Crippen molar-refractivity contribution in [2.45, 2.75) is 46.1 Å². The second-order valence-corrected chi connectivity index (χ2v) is 3.61. The Kier molecular flexibility index (Phi) is 4.36. The van der Waals surface area contributed by atoms with Crippen LogP contribution in [-0.4, -0.2) is 16.1 Å². The van der Waals surface area contributed by atoms with Crippen LogP contribution in [0.2, 0.25) is 0 Å². The van der Waals surface area contributed by atoms with E-state index < -0.39 is 0 Å². The van der Waals surface area contributed by atoms with Gasteiger partial charge in [-0.2, -0.15) is 5.10 Å². The van der Waals surface area contributed by atoms with Gasteiger partial charge in [-0.15, -0.1) is 0 Å². The summed E-state index contributed by atoms with van der Waals surface area (Å²) in [7, 11) is 0. The van der Waals surface area contributed by atoms with Crippen LogP contribution < -0.4 is 0 Å². The fraction of sp³-hybridized carbons (Fsp3) is 0.636. The zero-order valence-corrected chi connectivity index (χ0v) is 8.99. The van der Waals surface area contributed by atoms with Gasteiger partial charge in [-0.25, -0.2) is 0 Å². The number of hydrogen-bond donors (Lipinski definition) is 0. The first-order valence-corrected chi connectivity index (χ1v) is 5.27. The third kappa shape index (κ3) is 2.98. The van der Waals surface area contributed by atoms with E-state index in [1.165, 1.54) is 19.3 Å². The molecule has 0 aliphatic heterocycles. The van der Waals surface area contributed by atoms with Crippen molar-refractivity contribution in [3.8, 4) is 0 Å². The zero-order chi connectivity index (χ0) is 10.4. The molecular formula is C11H18N2O. The van der Waals surface area contributed by atoms with Crippen molar-refractivity contribution in [2.75, 3.05) is 0 Å². The lowest BCUT2D eigenvalue weighted by Gasteiger charge is -2.02. The van der Waals surface area contributed by atoms with Gasteiger partial charge in [0, 0.05) is 12.2 Å². The number of aryl methyl sites for hydroxylation is 2. The molecule has 0 fully saturated rings. The second-order valence-electron chi connectivity index (χ2n) is 3.61. The quantitative estimate of drug-likeness (QED) is 0.515. The Balaban J connectivity index is 2.41. The Bertz CT molecular complexity index is 291. The van der Waals surface area contributed by atoms with Crippen molar-refractivity contribution >= 4 is 6.29 Å². The zero-order valence-electron chi connectivity index (χ0n) is 8.99. The molecule has 1 rings (SSSR count). The molecule has 0 atom stereocenters. The lowest BCUT2D eigenvalue weighted by molar-refractivity contribution is 0.111. The monoisotopic (exact) mass is 194 g/mol. The molecule has 0 aliphatic rings. The average Bonchev–Trinajstić information content (AvgIpc) is 2.54. The summed E-state index contributed by atoms with van der Waals surface area (Å²) >= 11 is 0. The third-order valence-electron chi connectivity index (χ3n) is 2.34. The fourth-order valence-electron chi connectivity index (χ4n) is 1.51. The summed E-state index contributed by atoms with van der Waals surface area (Å²) in [6.45, 7) is 5.11. The lowest BCUT2D eigenvalue weighted by atomic mass is 10.2. The molecule has 3 nitrogen and oxygen atoms in total. The van der Waals surface area contributed by atoms with Gasteiger partial charge in [0.25, 0.3) is 0 Å². The summed E-state index contributed by atoms with van der Waals surface area (Å²) in [5, 5.41) is 4.17. The predicted octanol–water partition coefficient (Wildman–Crippen LogP) is 2.58. The first kappa shape index (κ1) is 11.0. The number of rotatable bonds is 6. The molecule has 1 aromatic heterocycles. The minimum Gasteiger partial charge on any atom is -0.296 e. The van der Waals surface area contributed by atoms with Gasteiger partial charge in [0.05, 0.1) is 0 Å². The lowest BCUT2D eigenvalue weighted by Crippen LogP contribution is -2.02. The highest BCUT2D eigenvalue weighted by molar-refractivity contribution is 5.71. The maximum atomic E-state index is 10.5. The Hall–Kier alpha value is -1.12. The van der Waals surface area contributed by atoms with Gasteiger partial charge in [0.2, 0.25) is 0 Å². The molecule has 0 saturated carbocycles. The Labute approximate surface area is 85.1 Å². The van der Waals surface area contributed by atoms with Crippen LogP contribution in [0, 0.1) is 6.92 Å². The largest absolute Gasteiger partial charge is 0.296 e. The van der Waals surface area contributed by atoms with Crippen molar-refractivity contribution in [1.29, 1.82) is 0 Å². The smallest absolute Gasteiger partial charge is 0.170 e. The molecule has 78 valence electrons. The summed E-state index contributed by atoms with van der Waals surface area (Å²) in [6.07, 6.45) is 5.72. The number of carbonyl (C=O) groups excluding carboxylic acids is 1. The molecule has 1 aromatic rings. The summed E-state index contributed by atoms with van der Waals surface area (Å²) in [5.74, 6) is 0. The van der Waals surface area contributed by atoms with Crippen LogP contribution in [0.15, 0.2) is 6.07 Å². The molecule has 0 spiro atoms. The van der Waals surface area contributed by atoms with E-state index in [2.05, 4.69) is 12.0 Å². The van der Waals surface area contributed by atoms with Crippen molar-refractivity contribution in [1.82, 2.24) is 9.78 Å². The average molecular weight is 194 g/mol. The summed E-state index contributed by atoms with van der Waals surface area (Å²) < 4.78 is 1.92. The first-order chi connectivity index (χ1) is 6.77. The second kappa shape index (κ2) is 5.58. The number of aldehydes is 1. The van der Waals surface area contributed by atoms with Gasteiger partial charge < -0.3 is 0 Å². The van der Waals surface area contributed by atoms with Crippen molar-refractivity contribution in [3.05, 3.63) is 17.5 Å². The molecule has 0 aromatic carbocycles. The number of nitrogens with zero attached hydrogens (tertiary/aromatic N) is 2. The SMILES string of the molecule is CCCCCCn1nc(C=O)cc1C. The van der Waals surface area contributed by atoms with E-state index in [0.717, 1.165) is 24.9 Å². The van der Waals surface area contributed by atoms with Crippen LogP contribution in [0.3, 0.4) is 0 Å². The van der Waals surface area contributed by atoms with E-state index in [1.54, 1.807) is 0 Å². The van der Waals surface area contributed by atoms with Crippen molar-refractivity contribution < 1.29 is 4.79 Å². The Morgan fingerprint density at radius 1 is 1.43 bits per heavy atom. The van der Waals surface area contributed by atoms with E-state index in [1.807, 2.05) is 17.7 Å². The van der Waals surface area contributed by atoms with Crippen LogP contribution in [0.4, 0.5) is 0 Å². The maximum absolute atomic E-state index is 10.5. The minimum absolute atomic E-state index is 0.540. The van der Waals surface area contributed by atoms with Crippen LogP contribution in [-0.2, 0) is 6.54 Å². The molecule has 1 heterocycles. The van der Waals surface area contributed by atoms with Crippen LogP contribution in [0.1, 0.15) is 48.8 Å². The third-order valence-corrected chi connectivity index (χ3v) is 2.34. The molecule has 14 heavy (non-hydrogen) atoms. The number of aromatic nitrogens is 2. The molecule has 0 N–H and O–H groups in total. The van der Waals surface area contributed by atoms with Crippen molar-refractivity contribution in [3.63, 3.8) is 0 Å². The van der Waals surface area contributed by atoms with Gasteiger partial charge in [0.1, 0.15) is 5.69 Å². The molecule has 0 saturated heterocycles. The Morgan fingerprint density at radius 2 is 2.21 bits per heavy atom. The summed E-state index contributed by atoms with van der Waals surface area (Å²) in [4.78, 5) is 10.5. The van der Waals surface area contributed by atoms with E-state index in [4.69, 9.17) is 0 Å². The summed E-state index contributed by atoms with van der Waals surface area (Å²) in [6, 6.07) is 1.83. The van der Waals surface area contributed by atoms with Gasteiger partial charge >= 0.3 is 0 Å². The first-order valence-electron chi connectivity index (χ1n) is 5.27. The van der Waals surface area contributed by atoms with Gasteiger partial charge in [-0.3, -0.25) is 9.48 Å². The van der Waals surface area contributed by atoms with E-state index in [0.29, 0.717) is 5.69 Å². The Morgan fingerprint density at radius 3 is 2.79 bits per heavy atom. The molecule has 0 bridgehead atoms. The van der Waals surface area contributed by atoms with Gasteiger partial charge in [0.15, 0.2) is 6.29 Å². The van der Waals surface area contributed by atoms with Crippen LogP contribution in [0.25, 0.3) is 0 Å². The van der Waals surface area contributed by atoms with E-state index in [-0.39, 0.29) is 0 Å². The van der Waals surface area contributed by atoms with Crippen LogP contribution >= 0.6 is 0 Å². The molecule has 3 heteroatoms. The highest BCUT2D eigenvalue weighted by Gasteiger charge is 2.01. The standard InChI is InChI=1S/C11H18N2O/c1-3-4-5-6-7-13-10(2)8-11(9-14)12-13/h8-9H,3-7H2,1-2H3. The number of unbranched alkanes of at least 4 members (excludes halogenated alkanes) is 3.